The molecule has 1 unspecified atom stereocenters. The fraction of sp³-hybridized carbons (Fsp3) is 1.00. The molecule has 0 aromatic heterocycles. The van der Waals surface area contributed by atoms with Crippen LogP contribution in [0.4, 0.5) is 0 Å². The van der Waals surface area contributed by atoms with Gasteiger partial charge in [-0.3, -0.25) is 0 Å². The normalized spacial score (nSPS) is 32.1. The van der Waals surface area contributed by atoms with Gasteiger partial charge in [0.15, 0.2) is 0 Å². The van der Waals surface area contributed by atoms with Crippen LogP contribution in [-0.2, 0) is 10.0 Å². The monoisotopic (exact) mass is 254 g/mol. The molecule has 6 heteroatoms. The van der Waals surface area contributed by atoms with E-state index < -0.39 is 10.0 Å². The predicted octanol–water partition coefficient (Wildman–Crippen LogP) is 0.443. The minimum atomic E-state index is -2.96. The van der Waals surface area contributed by atoms with Crippen LogP contribution >= 0.6 is 12.4 Å². The van der Waals surface area contributed by atoms with Crippen LogP contribution in [0.1, 0.15) is 19.8 Å². The lowest BCUT2D eigenvalue weighted by Gasteiger charge is -2.22. The summed E-state index contributed by atoms with van der Waals surface area (Å²) in [6.07, 6.45) is 2.15. The average molecular weight is 255 g/mol. The van der Waals surface area contributed by atoms with Gasteiger partial charge in [-0.15, -0.1) is 12.4 Å². The van der Waals surface area contributed by atoms with Crippen molar-refractivity contribution >= 4 is 22.4 Å². The Kier molecular flexibility index (Phi) is 4.03. The van der Waals surface area contributed by atoms with Crippen LogP contribution in [0.15, 0.2) is 0 Å². The van der Waals surface area contributed by atoms with Crippen LogP contribution in [-0.4, -0.2) is 44.7 Å². The summed E-state index contributed by atoms with van der Waals surface area (Å²) in [4.78, 5) is 0. The van der Waals surface area contributed by atoms with E-state index in [1.165, 1.54) is 0 Å². The van der Waals surface area contributed by atoms with Crippen molar-refractivity contribution in [1.29, 1.82) is 0 Å². The molecule has 0 amide bonds. The molecule has 0 aliphatic carbocycles. The molecule has 1 spiro atoms. The average Bonchev–Trinajstić information content (AvgIpc) is 2.78. The lowest BCUT2D eigenvalue weighted by Crippen LogP contribution is -2.34. The topological polar surface area (TPSA) is 49.4 Å². The van der Waals surface area contributed by atoms with Gasteiger partial charge in [0.25, 0.3) is 0 Å². The second kappa shape index (κ2) is 4.57. The molecule has 0 aromatic rings. The molecule has 0 radical (unpaired) electrons. The van der Waals surface area contributed by atoms with Gasteiger partial charge in [0.05, 0.1) is 5.75 Å². The number of rotatable bonds is 2. The van der Waals surface area contributed by atoms with Crippen molar-refractivity contribution in [2.24, 2.45) is 5.41 Å². The fourth-order valence-corrected chi connectivity index (χ4v) is 3.66. The summed E-state index contributed by atoms with van der Waals surface area (Å²) in [6, 6.07) is 0. The lowest BCUT2D eigenvalue weighted by atomic mass is 9.87. The first-order valence-electron chi connectivity index (χ1n) is 5.27. The van der Waals surface area contributed by atoms with Gasteiger partial charge < -0.3 is 5.32 Å². The van der Waals surface area contributed by atoms with Gasteiger partial charge in [0.2, 0.25) is 10.0 Å². The first-order chi connectivity index (χ1) is 6.58. The van der Waals surface area contributed by atoms with E-state index in [9.17, 15) is 8.42 Å². The SMILES string of the molecule is CCS(=O)(=O)N1CCC2(CCNC2)C1.Cl. The minimum absolute atomic E-state index is 0. The lowest BCUT2D eigenvalue weighted by molar-refractivity contribution is 0.338. The number of hydrogen-bond acceptors (Lipinski definition) is 3. The maximum atomic E-state index is 11.6. The molecule has 0 bridgehead atoms. The molecule has 0 aromatic carbocycles. The second-order valence-electron chi connectivity index (χ2n) is 4.41. The molecule has 2 saturated heterocycles. The maximum absolute atomic E-state index is 11.6. The largest absolute Gasteiger partial charge is 0.316 e. The highest BCUT2D eigenvalue weighted by molar-refractivity contribution is 7.89. The number of sulfonamides is 1. The molecular formula is C9H19ClN2O2S. The standard InChI is InChI=1S/C9H18N2O2S.ClH/c1-2-14(12,13)11-6-4-9(8-11)3-5-10-7-9;/h10H,2-8H2,1H3;1H. The molecule has 90 valence electrons. The van der Waals surface area contributed by atoms with E-state index in [1.54, 1.807) is 11.2 Å². The molecule has 2 aliphatic heterocycles. The number of nitrogens with one attached hydrogen (secondary N) is 1. The molecule has 2 heterocycles. The van der Waals surface area contributed by atoms with Crippen LogP contribution in [0.3, 0.4) is 0 Å². The van der Waals surface area contributed by atoms with Gasteiger partial charge in [-0.05, 0) is 31.7 Å². The first-order valence-corrected chi connectivity index (χ1v) is 6.87. The summed E-state index contributed by atoms with van der Waals surface area (Å²) in [7, 11) is -2.96. The fourth-order valence-electron chi connectivity index (χ4n) is 2.46. The molecule has 2 fully saturated rings. The number of hydrogen-bond donors (Lipinski definition) is 1. The van der Waals surface area contributed by atoms with Gasteiger partial charge >= 0.3 is 0 Å². The molecule has 1 N–H and O–H groups in total. The minimum Gasteiger partial charge on any atom is -0.316 e. The molecule has 4 nitrogen and oxygen atoms in total. The Morgan fingerprint density at radius 1 is 1.40 bits per heavy atom. The molecule has 1 atom stereocenters. The quantitative estimate of drug-likeness (QED) is 0.778. The smallest absolute Gasteiger partial charge is 0.213 e. The zero-order valence-corrected chi connectivity index (χ0v) is 10.7. The highest BCUT2D eigenvalue weighted by Gasteiger charge is 2.43. The van der Waals surface area contributed by atoms with E-state index in [0.29, 0.717) is 0 Å². The van der Waals surface area contributed by atoms with Crippen LogP contribution in [0.25, 0.3) is 0 Å². The van der Waals surface area contributed by atoms with E-state index in [-0.39, 0.29) is 23.6 Å². The molecule has 2 aliphatic rings. The Labute approximate surface area is 97.9 Å². The van der Waals surface area contributed by atoms with Crippen molar-refractivity contribution in [3.63, 3.8) is 0 Å². The van der Waals surface area contributed by atoms with Crippen molar-refractivity contribution < 1.29 is 8.42 Å². The van der Waals surface area contributed by atoms with Crippen molar-refractivity contribution in [3.05, 3.63) is 0 Å². The first kappa shape index (κ1) is 13.2. The van der Waals surface area contributed by atoms with Gasteiger partial charge in [-0.25, -0.2) is 12.7 Å². The van der Waals surface area contributed by atoms with E-state index in [0.717, 1.165) is 39.0 Å². The zero-order valence-electron chi connectivity index (χ0n) is 9.03. The summed E-state index contributed by atoms with van der Waals surface area (Å²) in [5.74, 6) is 0.233. The van der Waals surface area contributed by atoms with Crippen LogP contribution in [0, 0.1) is 5.41 Å². The maximum Gasteiger partial charge on any atom is 0.213 e. The highest BCUT2D eigenvalue weighted by atomic mass is 35.5. The Morgan fingerprint density at radius 3 is 2.67 bits per heavy atom. The van der Waals surface area contributed by atoms with E-state index >= 15 is 0 Å². The van der Waals surface area contributed by atoms with Gasteiger partial charge in [0, 0.05) is 19.6 Å². The van der Waals surface area contributed by atoms with Crippen LogP contribution in [0.2, 0.25) is 0 Å². The Bertz CT molecular complexity index is 312. The van der Waals surface area contributed by atoms with E-state index in [1.807, 2.05) is 0 Å². The number of halogens is 1. The van der Waals surface area contributed by atoms with E-state index in [2.05, 4.69) is 5.32 Å². The zero-order chi connectivity index (χ0) is 10.2. The molecule has 0 saturated carbocycles. The van der Waals surface area contributed by atoms with Crippen LogP contribution in [0.5, 0.6) is 0 Å². The van der Waals surface area contributed by atoms with Gasteiger partial charge in [-0.1, -0.05) is 0 Å². The molecule has 15 heavy (non-hydrogen) atoms. The van der Waals surface area contributed by atoms with Crippen molar-refractivity contribution in [2.75, 3.05) is 31.9 Å². The van der Waals surface area contributed by atoms with Crippen molar-refractivity contribution in [2.45, 2.75) is 19.8 Å². The third-order valence-electron chi connectivity index (χ3n) is 3.49. The summed E-state index contributed by atoms with van der Waals surface area (Å²) in [6.45, 7) is 5.20. The Morgan fingerprint density at radius 2 is 2.13 bits per heavy atom. The summed E-state index contributed by atoms with van der Waals surface area (Å²) in [5.41, 5.74) is 0.252. The third kappa shape index (κ3) is 2.46. The Balaban J connectivity index is 0.00000112. The third-order valence-corrected chi connectivity index (χ3v) is 5.32. The van der Waals surface area contributed by atoms with Gasteiger partial charge in [0.1, 0.15) is 0 Å². The summed E-state index contributed by atoms with van der Waals surface area (Å²) >= 11 is 0. The van der Waals surface area contributed by atoms with Gasteiger partial charge in [-0.2, -0.15) is 0 Å². The Hall–Kier alpha value is 0.160. The molecule has 2 rings (SSSR count). The number of nitrogens with zero attached hydrogens (tertiary/aromatic N) is 1. The molecular weight excluding hydrogens is 236 g/mol. The second-order valence-corrected chi connectivity index (χ2v) is 6.67. The highest BCUT2D eigenvalue weighted by Crippen LogP contribution is 2.37. The predicted molar refractivity (Wildman–Crippen MR) is 62.8 cm³/mol. The summed E-state index contributed by atoms with van der Waals surface area (Å²) < 4.78 is 25.0. The van der Waals surface area contributed by atoms with E-state index in [4.69, 9.17) is 0 Å². The van der Waals surface area contributed by atoms with Crippen molar-refractivity contribution in [3.8, 4) is 0 Å². The van der Waals surface area contributed by atoms with Crippen LogP contribution < -0.4 is 5.32 Å². The van der Waals surface area contributed by atoms with Crippen molar-refractivity contribution in [1.82, 2.24) is 9.62 Å². The summed E-state index contributed by atoms with van der Waals surface area (Å²) in [5, 5.41) is 3.32.